The number of rotatable bonds is 10. The highest BCUT2D eigenvalue weighted by atomic mass is 16.3. The fourth-order valence-electron chi connectivity index (χ4n) is 1.70. The van der Waals surface area contributed by atoms with Crippen molar-refractivity contribution in [2.24, 2.45) is 0 Å². The monoisotopic (exact) mass is 216 g/mol. The van der Waals surface area contributed by atoms with Crippen LogP contribution in [0.2, 0.25) is 0 Å². The van der Waals surface area contributed by atoms with E-state index in [9.17, 15) is 10.2 Å². The molecule has 2 heteroatoms. The molecule has 0 aliphatic rings. The van der Waals surface area contributed by atoms with Gasteiger partial charge < -0.3 is 10.2 Å². The van der Waals surface area contributed by atoms with Crippen molar-refractivity contribution in [3.63, 3.8) is 0 Å². The smallest absolute Gasteiger partial charge is 0.0537 e. The Balaban J connectivity index is 3.05. The van der Waals surface area contributed by atoms with Crippen molar-refractivity contribution in [2.75, 3.05) is 0 Å². The summed E-state index contributed by atoms with van der Waals surface area (Å²) in [4.78, 5) is 0. The minimum atomic E-state index is -0.0908. The lowest BCUT2D eigenvalue weighted by Crippen LogP contribution is -2.04. The first-order valence-electron chi connectivity index (χ1n) is 6.56. The zero-order valence-electron chi connectivity index (χ0n) is 10.4. The highest BCUT2D eigenvalue weighted by Gasteiger charge is 2.01. The molecule has 0 heterocycles. The fourth-order valence-corrected chi connectivity index (χ4v) is 1.70. The van der Waals surface area contributed by atoms with Crippen molar-refractivity contribution in [3.8, 4) is 0 Å². The van der Waals surface area contributed by atoms with Crippen LogP contribution in [0.25, 0.3) is 0 Å². The summed E-state index contributed by atoms with van der Waals surface area (Å²) in [5.74, 6) is 0. The quantitative estimate of drug-likeness (QED) is 0.550. The van der Waals surface area contributed by atoms with Gasteiger partial charge in [0.05, 0.1) is 12.2 Å². The lowest BCUT2D eigenvalue weighted by Gasteiger charge is -2.08. The van der Waals surface area contributed by atoms with Gasteiger partial charge in [-0.2, -0.15) is 0 Å². The summed E-state index contributed by atoms with van der Waals surface area (Å²) in [7, 11) is 0. The molecule has 0 spiro atoms. The number of aliphatic hydroxyl groups excluding tert-OH is 2. The summed E-state index contributed by atoms with van der Waals surface area (Å²) in [5.41, 5.74) is 0. The average molecular weight is 216 g/mol. The molecule has 0 unspecified atom stereocenters. The first-order chi connectivity index (χ1) is 7.20. The number of unbranched alkanes of at least 4 members (excludes halogenated alkanes) is 4. The van der Waals surface area contributed by atoms with E-state index in [1.165, 1.54) is 19.3 Å². The molecular weight excluding hydrogens is 188 g/mol. The zero-order valence-corrected chi connectivity index (χ0v) is 10.4. The van der Waals surface area contributed by atoms with Crippen LogP contribution < -0.4 is 0 Å². The molecule has 0 aromatic carbocycles. The number of hydrogen-bond donors (Lipinski definition) is 2. The Bertz CT molecular complexity index is 112. The van der Waals surface area contributed by atoms with Crippen molar-refractivity contribution >= 4 is 0 Å². The largest absolute Gasteiger partial charge is 0.393 e. The Hall–Kier alpha value is -0.0800. The molecule has 15 heavy (non-hydrogen) atoms. The van der Waals surface area contributed by atoms with Crippen molar-refractivity contribution < 1.29 is 10.2 Å². The highest BCUT2D eigenvalue weighted by Crippen LogP contribution is 2.11. The van der Waals surface area contributed by atoms with Gasteiger partial charge in [0, 0.05) is 0 Å². The SMILES string of the molecule is CC[C@@H](O)CCCCCCC[C@H](O)CC. The molecule has 0 aromatic heterocycles. The first kappa shape index (κ1) is 14.9. The Morgan fingerprint density at radius 3 is 1.33 bits per heavy atom. The van der Waals surface area contributed by atoms with Gasteiger partial charge in [-0.3, -0.25) is 0 Å². The van der Waals surface area contributed by atoms with Gasteiger partial charge in [0.1, 0.15) is 0 Å². The summed E-state index contributed by atoms with van der Waals surface area (Å²) >= 11 is 0. The molecule has 2 atom stereocenters. The maximum atomic E-state index is 9.33. The standard InChI is InChI=1S/C13H28O2/c1-3-12(14)10-8-6-5-7-9-11-13(15)4-2/h12-15H,3-11H2,1-2H3/t12-,13-/m1/s1. The van der Waals surface area contributed by atoms with Gasteiger partial charge in [0.25, 0.3) is 0 Å². The van der Waals surface area contributed by atoms with E-state index in [2.05, 4.69) is 0 Å². The molecule has 0 aromatic rings. The molecule has 0 bridgehead atoms. The Morgan fingerprint density at radius 2 is 1.00 bits per heavy atom. The molecule has 2 nitrogen and oxygen atoms in total. The molecule has 0 rings (SSSR count). The van der Waals surface area contributed by atoms with Crippen molar-refractivity contribution in [1.82, 2.24) is 0 Å². The number of hydrogen-bond acceptors (Lipinski definition) is 2. The topological polar surface area (TPSA) is 40.5 Å². The molecule has 2 N–H and O–H groups in total. The lowest BCUT2D eigenvalue weighted by molar-refractivity contribution is 0.154. The Morgan fingerprint density at radius 1 is 0.667 bits per heavy atom. The van der Waals surface area contributed by atoms with Gasteiger partial charge in [-0.25, -0.2) is 0 Å². The van der Waals surface area contributed by atoms with Crippen LogP contribution in [-0.4, -0.2) is 22.4 Å². The van der Waals surface area contributed by atoms with Gasteiger partial charge in [-0.05, 0) is 25.7 Å². The minimum Gasteiger partial charge on any atom is -0.393 e. The lowest BCUT2D eigenvalue weighted by atomic mass is 10.0. The number of aliphatic hydroxyl groups is 2. The highest BCUT2D eigenvalue weighted by molar-refractivity contribution is 4.55. The van der Waals surface area contributed by atoms with Gasteiger partial charge >= 0.3 is 0 Å². The second kappa shape index (κ2) is 10.4. The van der Waals surface area contributed by atoms with Crippen molar-refractivity contribution in [2.45, 2.75) is 83.8 Å². The Kier molecular flexibility index (Phi) is 10.4. The van der Waals surface area contributed by atoms with Crippen LogP contribution in [0.4, 0.5) is 0 Å². The van der Waals surface area contributed by atoms with Crippen LogP contribution in [0, 0.1) is 0 Å². The molecule has 0 saturated carbocycles. The third-order valence-electron chi connectivity index (χ3n) is 3.02. The molecule has 0 saturated heterocycles. The van der Waals surface area contributed by atoms with Crippen LogP contribution >= 0.6 is 0 Å². The molecule has 0 aliphatic heterocycles. The van der Waals surface area contributed by atoms with Crippen LogP contribution in [-0.2, 0) is 0 Å². The first-order valence-corrected chi connectivity index (χ1v) is 6.56. The van der Waals surface area contributed by atoms with Crippen LogP contribution in [0.1, 0.15) is 71.6 Å². The maximum Gasteiger partial charge on any atom is 0.0537 e. The summed E-state index contributed by atoms with van der Waals surface area (Å²) in [6.45, 7) is 4.05. The Labute approximate surface area is 94.7 Å². The third kappa shape index (κ3) is 10.2. The molecular formula is C13H28O2. The van der Waals surface area contributed by atoms with Crippen LogP contribution in [0.5, 0.6) is 0 Å². The van der Waals surface area contributed by atoms with Crippen LogP contribution in [0.15, 0.2) is 0 Å². The van der Waals surface area contributed by atoms with Crippen LogP contribution in [0.3, 0.4) is 0 Å². The second-order valence-electron chi connectivity index (χ2n) is 4.47. The van der Waals surface area contributed by atoms with E-state index in [-0.39, 0.29) is 12.2 Å². The van der Waals surface area contributed by atoms with E-state index >= 15 is 0 Å². The summed E-state index contributed by atoms with van der Waals surface area (Å²) < 4.78 is 0. The minimum absolute atomic E-state index is 0.0908. The zero-order chi connectivity index (χ0) is 11.5. The van der Waals surface area contributed by atoms with Gasteiger partial charge in [0.15, 0.2) is 0 Å². The van der Waals surface area contributed by atoms with Crippen molar-refractivity contribution in [1.29, 1.82) is 0 Å². The molecule has 0 aliphatic carbocycles. The average Bonchev–Trinajstić information content (AvgIpc) is 2.26. The van der Waals surface area contributed by atoms with E-state index in [0.29, 0.717) is 0 Å². The second-order valence-corrected chi connectivity index (χ2v) is 4.47. The van der Waals surface area contributed by atoms with Gasteiger partial charge in [-0.15, -0.1) is 0 Å². The van der Waals surface area contributed by atoms with Gasteiger partial charge in [0.2, 0.25) is 0 Å². The van der Waals surface area contributed by atoms with E-state index in [4.69, 9.17) is 0 Å². The molecule has 0 fully saturated rings. The predicted molar refractivity (Wildman–Crippen MR) is 64.9 cm³/mol. The summed E-state index contributed by atoms with van der Waals surface area (Å²) in [6, 6.07) is 0. The van der Waals surface area contributed by atoms with Crippen molar-refractivity contribution in [3.05, 3.63) is 0 Å². The van der Waals surface area contributed by atoms with Gasteiger partial charge in [-0.1, -0.05) is 46.0 Å². The summed E-state index contributed by atoms with van der Waals surface area (Å²) in [5, 5.41) is 18.7. The predicted octanol–water partition coefficient (Wildman–Crippen LogP) is 3.26. The van der Waals surface area contributed by atoms with E-state index in [1.807, 2.05) is 13.8 Å². The third-order valence-corrected chi connectivity index (χ3v) is 3.02. The van der Waals surface area contributed by atoms with E-state index < -0.39 is 0 Å². The molecule has 92 valence electrons. The fraction of sp³-hybridized carbons (Fsp3) is 1.00. The maximum absolute atomic E-state index is 9.33. The van der Waals surface area contributed by atoms with E-state index in [0.717, 1.165) is 38.5 Å². The molecule has 0 radical (unpaired) electrons. The normalized spacial score (nSPS) is 15.2. The van der Waals surface area contributed by atoms with E-state index in [1.54, 1.807) is 0 Å². The molecule has 0 amide bonds. The summed E-state index contributed by atoms with van der Waals surface area (Å²) in [6.07, 6.45) is 9.45.